The highest BCUT2D eigenvalue weighted by Crippen LogP contribution is 2.21. The van der Waals surface area contributed by atoms with Gasteiger partial charge in [0.1, 0.15) is 0 Å². The number of benzene rings is 2. The predicted molar refractivity (Wildman–Crippen MR) is 107 cm³/mol. The summed E-state index contributed by atoms with van der Waals surface area (Å²) < 4.78 is 5.29. The van der Waals surface area contributed by atoms with Crippen LogP contribution in [0.3, 0.4) is 0 Å². The van der Waals surface area contributed by atoms with Gasteiger partial charge < -0.3 is 9.84 Å². The van der Waals surface area contributed by atoms with Crippen LogP contribution in [0.2, 0.25) is 0 Å². The average Bonchev–Trinajstić information content (AvgIpc) is 3.16. The van der Waals surface area contributed by atoms with Crippen LogP contribution in [0, 0.1) is 0 Å². The van der Waals surface area contributed by atoms with Crippen LogP contribution in [0.25, 0.3) is 11.4 Å². The lowest BCUT2D eigenvalue weighted by Crippen LogP contribution is -2.12. The molecule has 0 bridgehead atoms. The molecule has 0 fully saturated rings. The Hall–Kier alpha value is -2.95. The fourth-order valence-electron chi connectivity index (χ4n) is 2.76. The zero-order chi connectivity index (χ0) is 19.2. The van der Waals surface area contributed by atoms with Crippen LogP contribution in [0.1, 0.15) is 50.1 Å². The number of amides is 1. The van der Waals surface area contributed by atoms with Gasteiger partial charge in [-0.2, -0.15) is 4.98 Å². The Morgan fingerprint density at radius 3 is 2.41 bits per heavy atom. The summed E-state index contributed by atoms with van der Waals surface area (Å²) in [6.45, 7) is 6.42. The number of carbonyl (C=O) groups excluding carboxylic acids is 1. The maximum atomic E-state index is 12.1. The van der Waals surface area contributed by atoms with Crippen LogP contribution in [-0.4, -0.2) is 16.0 Å². The molecule has 0 saturated heterocycles. The Bertz CT molecular complexity index is 881. The molecule has 5 heteroatoms. The van der Waals surface area contributed by atoms with E-state index in [0.717, 1.165) is 17.7 Å². The molecule has 27 heavy (non-hydrogen) atoms. The molecular weight excluding hydrogens is 338 g/mol. The summed E-state index contributed by atoms with van der Waals surface area (Å²) in [5.41, 5.74) is 4.22. The molecule has 0 saturated carbocycles. The number of aromatic nitrogens is 2. The van der Waals surface area contributed by atoms with E-state index in [1.165, 1.54) is 11.1 Å². The first-order valence-corrected chi connectivity index (χ1v) is 9.37. The normalized spacial score (nSPS) is 11.0. The van der Waals surface area contributed by atoms with Gasteiger partial charge in [0.05, 0.1) is 0 Å². The fraction of sp³-hybridized carbons (Fsp3) is 0.318. The molecular formula is C22H25N3O2. The number of carbonyl (C=O) groups is 1. The number of hydrogen-bond acceptors (Lipinski definition) is 4. The number of hydrogen-bond donors (Lipinski definition) is 1. The Labute approximate surface area is 159 Å². The quantitative estimate of drug-likeness (QED) is 0.642. The Balaban J connectivity index is 1.54. The van der Waals surface area contributed by atoms with Crippen molar-refractivity contribution < 1.29 is 9.32 Å². The summed E-state index contributed by atoms with van der Waals surface area (Å²) in [7, 11) is 0. The predicted octanol–water partition coefficient (Wildman–Crippen LogP) is 4.99. The maximum Gasteiger partial charge on any atom is 0.227 e. The zero-order valence-electron chi connectivity index (χ0n) is 16.0. The second-order valence-corrected chi connectivity index (χ2v) is 6.89. The van der Waals surface area contributed by atoms with Crippen LogP contribution in [0.5, 0.6) is 0 Å². The average molecular weight is 363 g/mol. The monoisotopic (exact) mass is 363 g/mol. The number of rotatable bonds is 7. The third kappa shape index (κ3) is 5.03. The van der Waals surface area contributed by atoms with Crippen molar-refractivity contribution in [1.29, 1.82) is 0 Å². The molecule has 2 aromatic carbocycles. The van der Waals surface area contributed by atoms with Crippen LogP contribution in [0.15, 0.2) is 53.1 Å². The minimum atomic E-state index is -0.0692. The van der Waals surface area contributed by atoms with E-state index in [1.54, 1.807) is 0 Å². The van der Waals surface area contributed by atoms with Gasteiger partial charge in [0.25, 0.3) is 0 Å². The molecule has 1 amide bonds. The van der Waals surface area contributed by atoms with Crippen LogP contribution in [-0.2, 0) is 17.6 Å². The lowest BCUT2D eigenvalue weighted by atomic mass is 10.0. The van der Waals surface area contributed by atoms with E-state index in [1.807, 2.05) is 36.4 Å². The molecule has 0 unspecified atom stereocenters. The van der Waals surface area contributed by atoms with Crippen molar-refractivity contribution in [3.05, 3.63) is 65.5 Å². The van der Waals surface area contributed by atoms with Crippen LogP contribution in [0.4, 0.5) is 5.69 Å². The van der Waals surface area contributed by atoms with Gasteiger partial charge in [0, 0.05) is 24.1 Å². The summed E-state index contributed by atoms with van der Waals surface area (Å²) in [6.07, 6.45) is 1.69. The van der Waals surface area contributed by atoms with Crippen molar-refractivity contribution in [3.63, 3.8) is 0 Å². The highest BCUT2D eigenvalue weighted by Gasteiger charge is 2.11. The first kappa shape index (κ1) is 18.8. The third-order valence-corrected chi connectivity index (χ3v) is 4.52. The Morgan fingerprint density at radius 2 is 1.78 bits per heavy atom. The molecule has 1 aromatic heterocycles. The summed E-state index contributed by atoms with van der Waals surface area (Å²) in [4.78, 5) is 16.5. The number of nitrogens with one attached hydrogen (secondary N) is 1. The smallest absolute Gasteiger partial charge is 0.227 e. The summed E-state index contributed by atoms with van der Waals surface area (Å²) in [5.74, 6) is 1.43. The summed E-state index contributed by atoms with van der Waals surface area (Å²) in [6, 6.07) is 16.0. The highest BCUT2D eigenvalue weighted by atomic mass is 16.5. The molecule has 140 valence electrons. The topological polar surface area (TPSA) is 68.0 Å². The van der Waals surface area contributed by atoms with E-state index in [9.17, 15) is 4.79 Å². The lowest BCUT2D eigenvalue weighted by molar-refractivity contribution is -0.116. The van der Waals surface area contributed by atoms with Crippen molar-refractivity contribution >= 4 is 11.6 Å². The molecule has 0 aliphatic heterocycles. The minimum Gasteiger partial charge on any atom is -0.339 e. The SMILES string of the molecule is CCc1ccc(NC(=O)CCc2nc(-c3ccc(C(C)C)cc3)no2)cc1. The van der Waals surface area contributed by atoms with E-state index >= 15 is 0 Å². The first-order valence-electron chi connectivity index (χ1n) is 9.37. The van der Waals surface area contributed by atoms with Crippen molar-refractivity contribution in [1.82, 2.24) is 10.1 Å². The van der Waals surface area contributed by atoms with Gasteiger partial charge in [-0.3, -0.25) is 4.79 Å². The molecule has 1 N–H and O–H groups in total. The van der Waals surface area contributed by atoms with Gasteiger partial charge in [-0.05, 0) is 35.6 Å². The second kappa shape index (κ2) is 8.62. The second-order valence-electron chi connectivity index (χ2n) is 6.89. The van der Waals surface area contributed by atoms with Crippen molar-refractivity contribution in [2.45, 2.75) is 46.0 Å². The van der Waals surface area contributed by atoms with Crippen LogP contribution < -0.4 is 5.32 Å². The molecule has 0 spiro atoms. The van der Waals surface area contributed by atoms with Crippen LogP contribution >= 0.6 is 0 Å². The van der Waals surface area contributed by atoms with Gasteiger partial charge in [-0.1, -0.05) is 62.3 Å². The largest absolute Gasteiger partial charge is 0.339 e. The van der Waals surface area contributed by atoms with E-state index < -0.39 is 0 Å². The molecule has 1 heterocycles. The van der Waals surface area contributed by atoms with Gasteiger partial charge in [0.2, 0.25) is 17.6 Å². The van der Waals surface area contributed by atoms with Gasteiger partial charge in [0.15, 0.2) is 0 Å². The fourth-order valence-corrected chi connectivity index (χ4v) is 2.76. The van der Waals surface area contributed by atoms with E-state index in [-0.39, 0.29) is 5.91 Å². The molecule has 0 atom stereocenters. The van der Waals surface area contributed by atoms with Gasteiger partial charge in [-0.25, -0.2) is 0 Å². The molecule has 3 aromatic rings. The van der Waals surface area contributed by atoms with Crippen molar-refractivity contribution in [2.75, 3.05) is 5.32 Å². The number of anilines is 1. The summed E-state index contributed by atoms with van der Waals surface area (Å²) >= 11 is 0. The standard InChI is InChI=1S/C22H25N3O2/c1-4-16-5-11-19(12-6-16)23-20(26)13-14-21-24-22(25-27-21)18-9-7-17(8-10-18)15(2)3/h5-12,15H,4,13-14H2,1-3H3,(H,23,26). The van der Waals surface area contributed by atoms with Gasteiger partial charge in [-0.15, -0.1) is 0 Å². The highest BCUT2D eigenvalue weighted by molar-refractivity contribution is 5.90. The molecule has 0 aliphatic rings. The van der Waals surface area contributed by atoms with Crippen molar-refractivity contribution in [3.8, 4) is 11.4 Å². The molecule has 3 rings (SSSR count). The lowest BCUT2D eigenvalue weighted by Gasteiger charge is -2.05. The van der Waals surface area contributed by atoms with E-state index in [4.69, 9.17) is 4.52 Å². The van der Waals surface area contributed by atoms with E-state index in [0.29, 0.717) is 30.5 Å². The first-order chi connectivity index (χ1) is 13.0. The minimum absolute atomic E-state index is 0.0692. The maximum absolute atomic E-state index is 12.1. The molecule has 0 radical (unpaired) electrons. The molecule has 5 nitrogen and oxygen atoms in total. The third-order valence-electron chi connectivity index (χ3n) is 4.52. The Kier molecular flexibility index (Phi) is 6.01. The Morgan fingerprint density at radius 1 is 1.07 bits per heavy atom. The summed E-state index contributed by atoms with van der Waals surface area (Å²) in [5, 5.41) is 6.91. The van der Waals surface area contributed by atoms with E-state index in [2.05, 4.69) is 48.4 Å². The molecule has 0 aliphatic carbocycles. The van der Waals surface area contributed by atoms with Crippen molar-refractivity contribution in [2.24, 2.45) is 0 Å². The number of aryl methyl sites for hydroxylation is 2. The van der Waals surface area contributed by atoms with Gasteiger partial charge >= 0.3 is 0 Å². The zero-order valence-corrected chi connectivity index (χ0v) is 16.0. The number of nitrogens with zero attached hydrogens (tertiary/aromatic N) is 2.